The lowest BCUT2D eigenvalue weighted by atomic mass is 9.84. The van der Waals surface area contributed by atoms with Gasteiger partial charge in [-0.25, -0.2) is 4.39 Å². The first-order valence-corrected chi connectivity index (χ1v) is 12.6. The van der Waals surface area contributed by atoms with Crippen LogP contribution >= 0.6 is 0 Å². The number of hydrogen-bond donors (Lipinski definition) is 0. The fourth-order valence-electron chi connectivity index (χ4n) is 4.90. The number of alkyl halides is 1. The van der Waals surface area contributed by atoms with E-state index in [9.17, 15) is 0 Å². The lowest BCUT2D eigenvalue weighted by molar-refractivity contribution is 0.273. The maximum absolute atomic E-state index is 16.1. The summed E-state index contributed by atoms with van der Waals surface area (Å²) in [5.41, 5.74) is 5.64. The molecule has 0 heterocycles. The van der Waals surface area contributed by atoms with E-state index in [0.717, 1.165) is 60.4 Å². The van der Waals surface area contributed by atoms with E-state index in [2.05, 4.69) is 74.2 Å². The second-order valence-electron chi connectivity index (χ2n) is 9.22. The molecule has 0 saturated heterocycles. The number of aryl methyl sites for hydroxylation is 1. The van der Waals surface area contributed by atoms with Crippen LogP contribution in [0.3, 0.4) is 0 Å². The summed E-state index contributed by atoms with van der Waals surface area (Å²) < 4.78 is 16.1. The van der Waals surface area contributed by atoms with Crippen LogP contribution in [-0.2, 0) is 6.42 Å². The molecule has 1 heteroatoms. The van der Waals surface area contributed by atoms with Crippen LogP contribution < -0.4 is 0 Å². The van der Waals surface area contributed by atoms with Gasteiger partial charge in [-0.05, 0) is 63.9 Å². The Balaban J connectivity index is 1.62. The largest absolute Gasteiger partial charge is 0.242 e. The minimum atomic E-state index is -1.02. The molecule has 34 heavy (non-hydrogen) atoms. The number of halogens is 1. The smallest absolute Gasteiger partial charge is 0.132 e. The van der Waals surface area contributed by atoms with E-state index in [4.69, 9.17) is 0 Å². The molecule has 0 spiro atoms. The zero-order chi connectivity index (χ0) is 23.8. The van der Waals surface area contributed by atoms with Gasteiger partial charge in [-0.15, -0.1) is 6.58 Å². The van der Waals surface area contributed by atoms with Crippen LogP contribution in [0, 0.1) is 0 Å². The van der Waals surface area contributed by atoms with Gasteiger partial charge in [0.15, 0.2) is 0 Å². The molecule has 0 fully saturated rings. The van der Waals surface area contributed by atoms with E-state index < -0.39 is 6.17 Å². The minimum absolute atomic E-state index is 0.141. The Bertz CT molecular complexity index is 1200. The first kappa shape index (κ1) is 24.0. The lowest BCUT2D eigenvalue weighted by Crippen LogP contribution is -2.08. The number of hydrogen-bond acceptors (Lipinski definition) is 0. The summed E-state index contributed by atoms with van der Waals surface area (Å²) >= 11 is 0. The first-order valence-electron chi connectivity index (χ1n) is 12.6. The third-order valence-electron chi connectivity index (χ3n) is 6.85. The molecule has 0 aliphatic carbocycles. The quantitative estimate of drug-likeness (QED) is 0.157. The minimum Gasteiger partial charge on any atom is -0.242 e. The molecule has 0 amide bonds. The molecule has 4 aromatic carbocycles. The van der Waals surface area contributed by atoms with Crippen molar-refractivity contribution in [3.8, 4) is 11.1 Å². The van der Waals surface area contributed by atoms with Crippen molar-refractivity contribution in [2.24, 2.45) is 0 Å². The average molecular weight is 451 g/mol. The molecular formula is C33H35F. The molecule has 4 rings (SSSR count). The van der Waals surface area contributed by atoms with Crippen LogP contribution in [0.1, 0.15) is 67.8 Å². The van der Waals surface area contributed by atoms with Gasteiger partial charge in [0.2, 0.25) is 0 Å². The van der Waals surface area contributed by atoms with Crippen LogP contribution in [0.5, 0.6) is 0 Å². The molecule has 0 bridgehead atoms. The van der Waals surface area contributed by atoms with Gasteiger partial charge in [0.05, 0.1) is 0 Å². The highest BCUT2D eigenvalue weighted by atomic mass is 19.1. The van der Waals surface area contributed by atoms with E-state index in [1.54, 1.807) is 0 Å². The summed E-state index contributed by atoms with van der Waals surface area (Å²) in [6.07, 6.45) is 7.06. The van der Waals surface area contributed by atoms with Gasteiger partial charge in [-0.3, -0.25) is 0 Å². The first-order chi connectivity index (χ1) is 16.7. The van der Waals surface area contributed by atoms with Crippen LogP contribution in [0.25, 0.3) is 21.9 Å². The van der Waals surface area contributed by atoms with E-state index in [0.29, 0.717) is 0 Å². The Morgan fingerprint density at radius 3 is 2.26 bits per heavy atom. The van der Waals surface area contributed by atoms with E-state index in [1.807, 2.05) is 36.4 Å². The summed E-state index contributed by atoms with van der Waals surface area (Å²) in [7, 11) is 0. The number of rotatable bonds is 11. The summed E-state index contributed by atoms with van der Waals surface area (Å²) in [6.45, 7) is 6.06. The van der Waals surface area contributed by atoms with Gasteiger partial charge in [0.25, 0.3) is 0 Å². The van der Waals surface area contributed by atoms with Crippen molar-refractivity contribution < 1.29 is 4.39 Å². The van der Waals surface area contributed by atoms with Crippen molar-refractivity contribution in [1.29, 1.82) is 0 Å². The fourth-order valence-corrected chi connectivity index (χ4v) is 4.90. The molecule has 2 atom stereocenters. The molecular weight excluding hydrogens is 415 g/mol. The molecule has 174 valence electrons. The Kier molecular flexibility index (Phi) is 8.31. The fraction of sp³-hybridized carbons (Fsp3) is 0.273. The molecule has 0 aliphatic rings. The van der Waals surface area contributed by atoms with Gasteiger partial charge in [0.1, 0.15) is 6.17 Å². The van der Waals surface area contributed by atoms with E-state index >= 15 is 4.39 Å². The molecule has 0 nitrogen and oxygen atoms in total. The van der Waals surface area contributed by atoms with Crippen molar-refractivity contribution in [2.75, 3.05) is 0 Å². The number of fused-ring (bicyclic) bond motifs is 1. The van der Waals surface area contributed by atoms with Crippen molar-refractivity contribution in [3.63, 3.8) is 0 Å². The Morgan fingerprint density at radius 2 is 1.50 bits per heavy atom. The molecule has 2 unspecified atom stereocenters. The zero-order valence-electron chi connectivity index (χ0n) is 20.2. The topological polar surface area (TPSA) is 0 Å². The van der Waals surface area contributed by atoms with Gasteiger partial charge >= 0.3 is 0 Å². The van der Waals surface area contributed by atoms with E-state index in [1.165, 1.54) is 16.7 Å². The molecule has 0 N–H and O–H groups in total. The zero-order valence-corrected chi connectivity index (χ0v) is 20.2. The molecule has 0 aliphatic heterocycles. The monoisotopic (exact) mass is 450 g/mol. The molecule has 0 saturated carbocycles. The molecule has 0 aromatic heterocycles. The number of unbranched alkanes of at least 4 members (excludes halogenated alkanes) is 2. The Morgan fingerprint density at radius 1 is 0.794 bits per heavy atom. The summed E-state index contributed by atoms with van der Waals surface area (Å²) in [5, 5.41) is 2.25. The highest BCUT2D eigenvalue weighted by Crippen LogP contribution is 2.40. The second kappa shape index (κ2) is 11.8. The van der Waals surface area contributed by atoms with Crippen LogP contribution in [0.4, 0.5) is 4.39 Å². The van der Waals surface area contributed by atoms with Crippen LogP contribution in [0.15, 0.2) is 104 Å². The van der Waals surface area contributed by atoms with Crippen molar-refractivity contribution >= 4 is 10.8 Å². The standard InChI is InChI=1S/C33H35F/c1-3-5-7-17-32(33(34)30-23-18-25-13-8-9-15-29(25)24-30)28-21-19-27(20-22-28)31-16-11-10-14-26(31)12-6-4-2/h4,8-11,13-16,18-24,32-33H,2-3,5-7,12,17H2,1H3. The van der Waals surface area contributed by atoms with Gasteiger partial charge < -0.3 is 0 Å². The SMILES string of the molecule is C=CCCc1ccccc1-c1ccc(C(CCCCC)C(F)c2ccc3ccccc3c2)cc1. The van der Waals surface area contributed by atoms with Gasteiger partial charge in [0, 0.05) is 5.92 Å². The Labute approximate surface area is 204 Å². The Hall–Kier alpha value is -3.19. The number of allylic oxidation sites excluding steroid dienone is 1. The predicted octanol–water partition coefficient (Wildman–Crippen LogP) is 10.0. The van der Waals surface area contributed by atoms with Gasteiger partial charge in [-0.2, -0.15) is 0 Å². The van der Waals surface area contributed by atoms with Gasteiger partial charge in [-0.1, -0.05) is 117 Å². The third-order valence-corrected chi connectivity index (χ3v) is 6.85. The highest BCUT2D eigenvalue weighted by Gasteiger charge is 2.24. The van der Waals surface area contributed by atoms with Crippen molar-refractivity contribution in [1.82, 2.24) is 0 Å². The summed E-state index contributed by atoms with van der Waals surface area (Å²) in [4.78, 5) is 0. The lowest BCUT2D eigenvalue weighted by Gasteiger charge is -2.23. The average Bonchev–Trinajstić information content (AvgIpc) is 2.90. The molecule has 4 aromatic rings. The summed E-state index contributed by atoms with van der Waals surface area (Å²) in [6, 6.07) is 31.4. The molecule has 0 radical (unpaired) electrons. The normalized spacial score (nSPS) is 13.0. The highest BCUT2D eigenvalue weighted by molar-refractivity contribution is 5.83. The van der Waals surface area contributed by atoms with Crippen LogP contribution in [0.2, 0.25) is 0 Å². The third kappa shape index (κ3) is 5.65. The van der Waals surface area contributed by atoms with E-state index in [-0.39, 0.29) is 5.92 Å². The maximum Gasteiger partial charge on any atom is 0.132 e. The maximum atomic E-state index is 16.1. The van der Waals surface area contributed by atoms with Crippen molar-refractivity contribution in [2.45, 2.75) is 57.5 Å². The van der Waals surface area contributed by atoms with Crippen molar-refractivity contribution in [3.05, 3.63) is 120 Å². The predicted molar refractivity (Wildman–Crippen MR) is 145 cm³/mol. The second-order valence-corrected chi connectivity index (χ2v) is 9.22. The van der Waals surface area contributed by atoms with Crippen LogP contribution in [-0.4, -0.2) is 0 Å². The number of benzene rings is 4. The summed E-state index contributed by atoms with van der Waals surface area (Å²) in [5.74, 6) is -0.141.